The standard InChI is InChI=1S/C22H21F2N3O3/c1-22(2,3)27(21(28)29)16-9-10-17(20(24)19(16)23)30-15-11-12-25-18(13-15)26-14-7-5-4-6-8-14/h4-13H,1-3H3,(H,25,26)(H,28,29). The van der Waals surface area contributed by atoms with E-state index in [1.165, 1.54) is 30.5 Å². The molecule has 3 aromatic rings. The van der Waals surface area contributed by atoms with Gasteiger partial charge in [0, 0.05) is 23.5 Å². The molecule has 0 aliphatic heterocycles. The predicted molar refractivity (Wildman–Crippen MR) is 111 cm³/mol. The van der Waals surface area contributed by atoms with E-state index in [-0.39, 0.29) is 17.2 Å². The predicted octanol–water partition coefficient (Wildman–Crippen LogP) is 6.18. The quantitative estimate of drug-likeness (QED) is 0.523. The van der Waals surface area contributed by atoms with Crippen LogP contribution in [0.5, 0.6) is 11.5 Å². The number of halogens is 2. The largest absolute Gasteiger partial charge is 0.465 e. The number of carbonyl (C=O) groups is 1. The molecule has 0 saturated heterocycles. The summed E-state index contributed by atoms with van der Waals surface area (Å²) >= 11 is 0. The zero-order valence-electron chi connectivity index (χ0n) is 16.7. The van der Waals surface area contributed by atoms with Crippen LogP contribution in [-0.4, -0.2) is 21.7 Å². The van der Waals surface area contributed by atoms with Gasteiger partial charge in [-0.2, -0.15) is 4.39 Å². The van der Waals surface area contributed by atoms with Crippen LogP contribution in [0.3, 0.4) is 0 Å². The molecule has 0 aliphatic carbocycles. The van der Waals surface area contributed by atoms with Gasteiger partial charge in [-0.25, -0.2) is 14.2 Å². The van der Waals surface area contributed by atoms with E-state index in [1.54, 1.807) is 20.8 Å². The summed E-state index contributed by atoms with van der Waals surface area (Å²) in [6.45, 7) is 4.75. The van der Waals surface area contributed by atoms with Crippen LogP contribution in [0.15, 0.2) is 60.8 Å². The molecule has 1 amide bonds. The fraction of sp³-hybridized carbons (Fsp3) is 0.182. The highest BCUT2D eigenvalue weighted by atomic mass is 19.2. The topological polar surface area (TPSA) is 74.7 Å². The number of ether oxygens (including phenoxy) is 1. The Balaban J connectivity index is 1.87. The second kappa shape index (κ2) is 8.36. The molecule has 0 radical (unpaired) electrons. The van der Waals surface area contributed by atoms with E-state index in [9.17, 15) is 18.7 Å². The molecule has 2 N–H and O–H groups in total. The molecule has 1 heterocycles. The highest BCUT2D eigenvalue weighted by molar-refractivity contribution is 5.88. The van der Waals surface area contributed by atoms with Crippen LogP contribution in [-0.2, 0) is 0 Å². The number of nitrogens with one attached hydrogen (secondary N) is 1. The van der Waals surface area contributed by atoms with Crippen LogP contribution < -0.4 is 15.0 Å². The van der Waals surface area contributed by atoms with Crippen molar-refractivity contribution >= 4 is 23.3 Å². The van der Waals surface area contributed by atoms with E-state index in [1.807, 2.05) is 30.3 Å². The number of para-hydroxylation sites is 1. The number of nitrogens with zero attached hydrogens (tertiary/aromatic N) is 2. The highest BCUT2D eigenvalue weighted by Crippen LogP contribution is 2.34. The van der Waals surface area contributed by atoms with Gasteiger partial charge in [0.1, 0.15) is 11.6 Å². The summed E-state index contributed by atoms with van der Waals surface area (Å²) in [5.74, 6) is -2.26. The third-order valence-electron chi connectivity index (χ3n) is 4.13. The maximum atomic E-state index is 14.7. The molecule has 0 fully saturated rings. The van der Waals surface area contributed by atoms with E-state index in [4.69, 9.17) is 4.74 Å². The Bertz CT molecular complexity index is 1050. The molecule has 2 aromatic carbocycles. The van der Waals surface area contributed by atoms with Crippen molar-refractivity contribution in [1.82, 2.24) is 4.98 Å². The number of rotatable bonds is 5. The van der Waals surface area contributed by atoms with Crippen LogP contribution in [0, 0.1) is 11.6 Å². The fourth-order valence-electron chi connectivity index (χ4n) is 2.86. The van der Waals surface area contributed by atoms with Crippen LogP contribution in [0.4, 0.5) is 30.8 Å². The minimum Gasteiger partial charge on any atom is -0.465 e. The van der Waals surface area contributed by atoms with Crippen LogP contribution >= 0.6 is 0 Å². The van der Waals surface area contributed by atoms with Gasteiger partial charge in [-0.15, -0.1) is 0 Å². The van der Waals surface area contributed by atoms with Crippen molar-refractivity contribution in [3.05, 3.63) is 72.4 Å². The third-order valence-corrected chi connectivity index (χ3v) is 4.13. The van der Waals surface area contributed by atoms with Crippen molar-refractivity contribution in [2.24, 2.45) is 0 Å². The number of anilines is 3. The SMILES string of the molecule is CC(C)(C)N(C(=O)O)c1ccc(Oc2ccnc(Nc3ccccc3)c2)c(F)c1F. The first-order valence-electron chi connectivity index (χ1n) is 9.14. The fourth-order valence-corrected chi connectivity index (χ4v) is 2.86. The molecule has 8 heteroatoms. The average Bonchev–Trinajstić information content (AvgIpc) is 2.67. The molecule has 0 bridgehead atoms. The number of aromatic nitrogens is 1. The van der Waals surface area contributed by atoms with Crippen LogP contribution in [0.1, 0.15) is 20.8 Å². The summed E-state index contributed by atoms with van der Waals surface area (Å²) in [7, 11) is 0. The second-order valence-electron chi connectivity index (χ2n) is 7.47. The molecule has 3 rings (SSSR count). The van der Waals surface area contributed by atoms with Gasteiger partial charge in [-0.05, 0) is 51.1 Å². The molecule has 0 spiro atoms. The zero-order valence-corrected chi connectivity index (χ0v) is 16.7. The molecule has 0 aliphatic rings. The number of benzene rings is 2. The molecule has 156 valence electrons. The highest BCUT2D eigenvalue weighted by Gasteiger charge is 2.32. The molecular weight excluding hydrogens is 392 g/mol. The molecule has 30 heavy (non-hydrogen) atoms. The first-order chi connectivity index (χ1) is 14.2. The normalized spacial score (nSPS) is 11.1. The van der Waals surface area contributed by atoms with Crippen LogP contribution in [0.2, 0.25) is 0 Å². The minimum atomic E-state index is -1.39. The molecule has 6 nitrogen and oxygen atoms in total. The Morgan fingerprint density at radius 2 is 1.77 bits per heavy atom. The summed E-state index contributed by atoms with van der Waals surface area (Å²) in [6, 6.07) is 14.7. The van der Waals surface area contributed by atoms with Gasteiger partial charge in [-0.3, -0.25) is 4.90 Å². The lowest BCUT2D eigenvalue weighted by molar-refractivity contribution is 0.195. The van der Waals surface area contributed by atoms with E-state index in [0.717, 1.165) is 10.6 Å². The van der Waals surface area contributed by atoms with Gasteiger partial charge < -0.3 is 15.2 Å². The molecule has 0 saturated carbocycles. The van der Waals surface area contributed by atoms with Crippen molar-refractivity contribution in [3.8, 4) is 11.5 Å². The van der Waals surface area contributed by atoms with Gasteiger partial charge in [0.25, 0.3) is 0 Å². The van der Waals surface area contributed by atoms with E-state index >= 15 is 0 Å². The lowest BCUT2D eigenvalue weighted by Gasteiger charge is -2.33. The van der Waals surface area contributed by atoms with E-state index < -0.39 is 23.3 Å². The molecule has 0 atom stereocenters. The summed E-state index contributed by atoms with van der Waals surface area (Å²) in [5, 5.41) is 12.5. The smallest absolute Gasteiger partial charge is 0.412 e. The lowest BCUT2D eigenvalue weighted by atomic mass is 10.1. The Morgan fingerprint density at radius 3 is 2.40 bits per heavy atom. The Labute approximate surface area is 172 Å². The summed E-state index contributed by atoms with van der Waals surface area (Å²) < 4.78 is 34.8. The Kier molecular flexibility index (Phi) is 5.86. The average molecular weight is 413 g/mol. The number of hydrogen-bond acceptors (Lipinski definition) is 4. The van der Waals surface area contributed by atoms with Crippen molar-refractivity contribution in [2.45, 2.75) is 26.3 Å². The maximum Gasteiger partial charge on any atom is 0.412 e. The maximum absolute atomic E-state index is 14.7. The van der Waals surface area contributed by atoms with Crippen molar-refractivity contribution in [2.75, 3.05) is 10.2 Å². The zero-order chi connectivity index (χ0) is 21.9. The first-order valence-corrected chi connectivity index (χ1v) is 9.14. The summed E-state index contributed by atoms with van der Waals surface area (Å²) in [6.07, 6.45) is 0.0786. The van der Waals surface area contributed by atoms with Crippen molar-refractivity contribution < 1.29 is 23.4 Å². The Morgan fingerprint density at radius 1 is 1.07 bits per heavy atom. The van der Waals surface area contributed by atoms with Gasteiger partial charge in [-0.1, -0.05) is 18.2 Å². The molecular formula is C22H21F2N3O3. The lowest BCUT2D eigenvalue weighted by Crippen LogP contribution is -2.45. The van der Waals surface area contributed by atoms with Gasteiger partial charge >= 0.3 is 6.09 Å². The minimum absolute atomic E-state index is 0.236. The van der Waals surface area contributed by atoms with E-state index in [0.29, 0.717) is 5.82 Å². The van der Waals surface area contributed by atoms with Gasteiger partial charge in [0.2, 0.25) is 5.82 Å². The van der Waals surface area contributed by atoms with E-state index in [2.05, 4.69) is 10.3 Å². The third kappa shape index (κ3) is 4.65. The van der Waals surface area contributed by atoms with Crippen LogP contribution in [0.25, 0.3) is 0 Å². The monoisotopic (exact) mass is 413 g/mol. The molecule has 0 unspecified atom stereocenters. The molecule has 1 aromatic heterocycles. The second-order valence-corrected chi connectivity index (χ2v) is 7.47. The Hall–Kier alpha value is -3.68. The first kappa shape index (κ1) is 21.0. The van der Waals surface area contributed by atoms with Crippen molar-refractivity contribution in [3.63, 3.8) is 0 Å². The number of pyridine rings is 1. The van der Waals surface area contributed by atoms with Gasteiger partial charge in [0.15, 0.2) is 11.6 Å². The number of amides is 1. The summed E-state index contributed by atoms with van der Waals surface area (Å²) in [4.78, 5) is 16.5. The summed E-state index contributed by atoms with van der Waals surface area (Å²) in [5.41, 5.74) is -0.550. The van der Waals surface area contributed by atoms with Crippen molar-refractivity contribution in [1.29, 1.82) is 0 Å². The van der Waals surface area contributed by atoms with Gasteiger partial charge in [0.05, 0.1) is 5.69 Å². The number of carboxylic acid groups (broad SMARTS) is 1. The number of hydrogen-bond donors (Lipinski definition) is 2.